The van der Waals surface area contributed by atoms with Crippen LogP contribution in [0.5, 0.6) is 0 Å². The van der Waals surface area contributed by atoms with Crippen molar-refractivity contribution in [1.82, 2.24) is 0 Å². The van der Waals surface area contributed by atoms with E-state index in [-0.39, 0.29) is 17.1 Å². The van der Waals surface area contributed by atoms with Crippen molar-refractivity contribution in [2.75, 3.05) is 0 Å². The number of carbonyl (C=O) groups is 2. The minimum absolute atomic E-state index is 0.192. The molecule has 156 valence electrons. The average molecular weight is 397 g/mol. The molecule has 0 aromatic rings. The molecule has 0 saturated heterocycles. The monoisotopic (exact) mass is 396 g/mol. The second-order valence-corrected chi connectivity index (χ2v) is 10.3. The second kappa shape index (κ2) is 6.41. The van der Waals surface area contributed by atoms with Crippen LogP contribution in [0.15, 0.2) is 36.5 Å². The number of fused-ring (bicyclic) bond motifs is 7. The minimum atomic E-state index is -1.01. The van der Waals surface area contributed by atoms with E-state index in [1.54, 1.807) is 6.08 Å². The third-order valence-electron chi connectivity index (χ3n) is 9.56. The minimum Gasteiger partial charge on any atom is -0.478 e. The highest BCUT2D eigenvalue weighted by molar-refractivity contribution is 5.91. The fourth-order valence-corrected chi connectivity index (χ4v) is 8.52. The van der Waals surface area contributed by atoms with Gasteiger partial charge in [0.05, 0.1) is 5.60 Å². The smallest absolute Gasteiger partial charge is 0.328 e. The molecule has 4 saturated carbocycles. The van der Waals surface area contributed by atoms with Gasteiger partial charge in [-0.05, 0) is 92.1 Å². The van der Waals surface area contributed by atoms with Crippen molar-refractivity contribution < 1.29 is 19.8 Å². The van der Waals surface area contributed by atoms with Crippen molar-refractivity contribution in [3.8, 4) is 0 Å². The SMILES string of the molecule is C=C[C@@H]1CC2=CC(=O)CC[C@@H]2[C@H]2CC[C@@]3(CC)[C@@H]([C@H]4C[C@H]4[C@@]3(O)/C=C\C(=O)O)[C@@H]21. The normalized spacial score (nSPS) is 50.2. The maximum atomic E-state index is 12.0. The Morgan fingerprint density at radius 2 is 2.14 bits per heavy atom. The zero-order valence-electron chi connectivity index (χ0n) is 17.2. The van der Waals surface area contributed by atoms with Gasteiger partial charge in [0.2, 0.25) is 0 Å². The van der Waals surface area contributed by atoms with E-state index in [2.05, 4.69) is 19.6 Å². The standard InChI is InChI=1S/C25H32O4/c1-3-14-11-15-12-16(26)5-6-17(15)18-7-9-24(4-2)23(22(14)18)19-13-20(19)25(24,29)10-8-21(27)28/h3,8,10,12,14,17-20,22-23,29H,1,4-7,9,11,13H2,2H3,(H,27,28)/b10-8-/t14-,17+,18-,19+,20-,22-,23+,24+,25+/m1/s1. The first-order valence-corrected chi connectivity index (χ1v) is 11.4. The van der Waals surface area contributed by atoms with Crippen LogP contribution in [0.2, 0.25) is 0 Å². The van der Waals surface area contributed by atoms with Crippen LogP contribution in [0.4, 0.5) is 0 Å². The fourth-order valence-electron chi connectivity index (χ4n) is 8.52. The van der Waals surface area contributed by atoms with Crippen molar-refractivity contribution in [2.24, 2.45) is 46.8 Å². The summed E-state index contributed by atoms with van der Waals surface area (Å²) < 4.78 is 0. The van der Waals surface area contributed by atoms with Gasteiger partial charge in [0.25, 0.3) is 0 Å². The Morgan fingerprint density at radius 1 is 1.34 bits per heavy atom. The predicted octanol–water partition coefficient (Wildman–Crippen LogP) is 4.16. The summed E-state index contributed by atoms with van der Waals surface area (Å²) in [6.45, 7) is 6.34. The molecule has 29 heavy (non-hydrogen) atoms. The molecule has 0 aromatic heterocycles. The van der Waals surface area contributed by atoms with Crippen molar-refractivity contribution in [2.45, 2.75) is 57.5 Å². The Kier molecular flexibility index (Phi) is 4.26. The third-order valence-corrected chi connectivity index (χ3v) is 9.56. The zero-order valence-corrected chi connectivity index (χ0v) is 17.2. The van der Waals surface area contributed by atoms with E-state index in [9.17, 15) is 19.8 Å². The number of carbonyl (C=O) groups excluding carboxylic acids is 1. The Hall–Kier alpha value is -1.68. The van der Waals surface area contributed by atoms with Crippen LogP contribution in [0.3, 0.4) is 0 Å². The predicted molar refractivity (Wildman–Crippen MR) is 110 cm³/mol. The van der Waals surface area contributed by atoms with E-state index < -0.39 is 11.6 Å². The van der Waals surface area contributed by atoms with Crippen LogP contribution in [-0.4, -0.2) is 27.6 Å². The molecule has 4 fully saturated rings. The van der Waals surface area contributed by atoms with Gasteiger partial charge in [-0.15, -0.1) is 6.58 Å². The van der Waals surface area contributed by atoms with Crippen LogP contribution in [-0.2, 0) is 9.59 Å². The van der Waals surface area contributed by atoms with Gasteiger partial charge in [0, 0.05) is 17.9 Å². The zero-order chi connectivity index (χ0) is 20.6. The number of hydrogen-bond donors (Lipinski definition) is 2. The van der Waals surface area contributed by atoms with E-state index in [1.807, 2.05) is 6.08 Å². The molecule has 0 spiro atoms. The molecule has 0 bridgehead atoms. The van der Waals surface area contributed by atoms with Crippen LogP contribution >= 0.6 is 0 Å². The fraction of sp³-hybridized carbons (Fsp3) is 0.680. The lowest BCUT2D eigenvalue weighted by Crippen LogP contribution is -2.57. The van der Waals surface area contributed by atoms with Crippen molar-refractivity contribution in [3.05, 3.63) is 36.5 Å². The van der Waals surface area contributed by atoms with E-state index in [1.165, 1.54) is 11.6 Å². The molecule has 0 aromatic carbocycles. The summed E-state index contributed by atoms with van der Waals surface area (Å²) in [7, 11) is 0. The maximum Gasteiger partial charge on any atom is 0.328 e. The summed E-state index contributed by atoms with van der Waals surface area (Å²) in [4.78, 5) is 23.3. The summed E-state index contributed by atoms with van der Waals surface area (Å²) in [5.74, 6) is 2.28. The van der Waals surface area contributed by atoms with Crippen molar-refractivity contribution in [3.63, 3.8) is 0 Å². The number of hydrogen-bond acceptors (Lipinski definition) is 3. The summed E-state index contributed by atoms with van der Waals surface area (Å²) in [5.41, 5.74) is 0.0913. The van der Waals surface area contributed by atoms with Gasteiger partial charge in [0.1, 0.15) is 0 Å². The molecule has 0 aliphatic heterocycles. The summed E-state index contributed by atoms with van der Waals surface area (Å²) >= 11 is 0. The molecule has 2 N–H and O–H groups in total. The Balaban J connectivity index is 1.57. The number of aliphatic carboxylic acids is 1. The molecular formula is C25H32O4. The lowest BCUT2D eigenvalue weighted by Gasteiger charge is -2.59. The number of rotatable bonds is 4. The number of ketones is 1. The molecule has 0 heterocycles. The van der Waals surface area contributed by atoms with Gasteiger partial charge in [-0.2, -0.15) is 0 Å². The van der Waals surface area contributed by atoms with Crippen molar-refractivity contribution >= 4 is 11.8 Å². The first-order chi connectivity index (χ1) is 13.9. The highest BCUT2D eigenvalue weighted by Gasteiger charge is 2.76. The van der Waals surface area contributed by atoms with Gasteiger partial charge < -0.3 is 10.2 Å². The quantitative estimate of drug-likeness (QED) is 0.553. The highest BCUT2D eigenvalue weighted by Crippen LogP contribution is 2.77. The lowest BCUT2D eigenvalue weighted by molar-refractivity contribution is -0.137. The maximum absolute atomic E-state index is 12.0. The third kappa shape index (κ3) is 2.47. The largest absolute Gasteiger partial charge is 0.478 e. The number of aliphatic hydroxyl groups is 1. The van der Waals surface area contributed by atoms with Crippen molar-refractivity contribution in [1.29, 1.82) is 0 Å². The van der Waals surface area contributed by atoms with E-state index in [0.29, 0.717) is 41.9 Å². The Morgan fingerprint density at radius 3 is 2.83 bits per heavy atom. The highest BCUT2D eigenvalue weighted by atomic mass is 16.4. The van der Waals surface area contributed by atoms with Crippen LogP contribution in [0.1, 0.15) is 51.9 Å². The summed E-state index contributed by atoms with van der Waals surface area (Å²) in [6, 6.07) is 0. The Bertz CT molecular complexity index is 825. The summed E-state index contributed by atoms with van der Waals surface area (Å²) in [6.07, 6.45) is 13.3. The van der Waals surface area contributed by atoms with E-state index >= 15 is 0 Å². The molecule has 9 atom stereocenters. The molecule has 0 amide bonds. The number of allylic oxidation sites excluding steroid dienone is 2. The van der Waals surface area contributed by atoms with Gasteiger partial charge in [0.15, 0.2) is 5.78 Å². The molecule has 0 unspecified atom stereocenters. The molecule has 5 rings (SSSR count). The second-order valence-electron chi connectivity index (χ2n) is 10.3. The van der Waals surface area contributed by atoms with E-state index in [0.717, 1.165) is 38.5 Å². The van der Waals surface area contributed by atoms with Gasteiger partial charge in [-0.25, -0.2) is 4.79 Å². The van der Waals surface area contributed by atoms with E-state index in [4.69, 9.17) is 0 Å². The van der Waals surface area contributed by atoms with Crippen LogP contribution in [0.25, 0.3) is 0 Å². The van der Waals surface area contributed by atoms with Crippen LogP contribution in [0, 0.1) is 46.8 Å². The molecule has 0 radical (unpaired) electrons. The van der Waals surface area contributed by atoms with Gasteiger partial charge in [-0.3, -0.25) is 4.79 Å². The van der Waals surface area contributed by atoms with Crippen LogP contribution < -0.4 is 0 Å². The first kappa shape index (κ1) is 19.3. The number of carboxylic acids is 1. The molecular weight excluding hydrogens is 364 g/mol. The first-order valence-electron chi connectivity index (χ1n) is 11.4. The van der Waals surface area contributed by atoms with Gasteiger partial charge >= 0.3 is 5.97 Å². The topological polar surface area (TPSA) is 74.6 Å². The molecule has 4 heteroatoms. The molecule has 4 nitrogen and oxygen atoms in total. The van der Waals surface area contributed by atoms with Gasteiger partial charge in [-0.1, -0.05) is 18.6 Å². The lowest BCUT2D eigenvalue weighted by atomic mass is 9.46. The summed E-state index contributed by atoms with van der Waals surface area (Å²) in [5, 5.41) is 21.1. The number of carboxylic acid groups (broad SMARTS) is 1. The average Bonchev–Trinajstić information content (AvgIpc) is 3.47. The Labute approximate surface area is 172 Å². The molecule has 5 aliphatic rings. The molecule has 5 aliphatic carbocycles.